The molecule has 2 aliphatic heterocycles. The number of carbonyl (C=O) groups excluding carboxylic acids is 2. The fourth-order valence-corrected chi connectivity index (χ4v) is 4.07. The zero-order valence-electron chi connectivity index (χ0n) is 12.5. The summed E-state index contributed by atoms with van der Waals surface area (Å²) in [7, 11) is 0. The summed E-state index contributed by atoms with van der Waals surface area (Å²) in [5.74, 6) is -2.48. The molecule has 0 radical (unpaired) electrons. The summed E-state index contributed by atoms with van der Waals surface area (Å²) in [6, 6.07) is 0. The maximum Gasteiger partial charge on any atom is 0.391 e. The molecule has 3 aliphatic rings. The van der Waals surface area contributed by atoms with Gasteiger partial charge in [0.05, 0.1) is 5.92 Å². The molecule has 0 N–H and O–H groups in total. The quantitative estimate of drug-likeness (QED) is 0.643. The number of carbonyl (C=O) groups is 2. The molecule has 2 amide bonds. The van der Waals surface area contributed by atoms with Crippen LogP contribution in [0, 0.1) is 5.92 Å². The van der Waals surface area contributed by atoms with Crippen LogP contribution in [0.3, 0.4) is 0 Å². The van der Waals surface area contributed by atoms with E-state index in [2.05, 4.69) is 0 Å². The van der Waals surface area contributed by atoms with Crippen LogP contribution in [-0.2, 0) is 9.59 Å². The number of hydrogen-bond donors (Lipinski definition) is 0. The topological polar surface area (TPSA) is 40.6 Å². The number of halogens is 3. The number of hydrogen-bond acceptors (Lipinski definition) is 2. The molecule has 4 nitrogen and oxygen atoms in total. The third-order valence-electron chi connectivity index (χ3n) is 5.58. The molecule has 0 bridgehead atoms. The van der Waals surface area contributed by atoms with Gasteiger partial charge < -0.3 is 9.80 Å². The predicted octanol–water partition coefficient (Wildman–Crippen LogP) is 2.33. The molecule has 7 heteroatoms. The van der Waals surface area contributed by atoms with E-state index in [9.17, 15) is 22.8 Å². The Labute approximate surface area is 127 Å². The van der Waals surface area contributed by atoms with Gasteiger partial charge in [0, 0.05) is 25.2 Å². The molecule has 124 valence electrons. The molecule has 2 heterocycles. The van der Waals surface area contributed by atoms with Crippen LogP contribution in [0.15, 0.2) is 0 Å². The lowest BCUT2D eigenvalue weighted by atomic mass is 9.82. The lowest BCUT2D eigenvalue weighted by Gasteiger charge is -2.51. The number of likely N-dealkylation sites (tertiary alicyclic amines) is 2. The average molecular weight is 318 g/mol. The Kier molecular flexibility index (Phi) is 3.85. The first-order chi connectivity index (χ1) is 10.3. The van der Waals surface area contributed by atoms with Gasteiger partial charge in [0.15, 0.2) is 0 Å². The van der Waals surface area contributed by atoms with Gasteiger partial charge in [-0.1, -0.05) is 12.8 Å². The highest BCUT2D eigenvalue weighted by Gasteiger charge is 2.51. The summed E-state index contributed by atoms with van der Waals surface area (Å²) in [4.78, 5) is 27.6. The van der Waals surface area contributed by atoms with Crippen molar-refractivity contribution in [3.05, 3.63) is 0 Å². The summed E-state index contributed by atoms with van der Waals surface area (Å²) in [6.07, 6.45) is 0.586. The van der Waals surface area contributed by atoms with Gasteiger partial charge in [0.1, 0.15) is 0 Å². The van der Waals surface area contributed by atoms with Crippen LogP contribution >= 0.6 is 0 Å². The second kappa shape index (κ2) is 5.42. The van der Waals surface area contributed by atoms with Gasteiger partial charge in [-0.05, 0) is 32.1 Å². The number of rotatable bonds is 0. The van der Waals surface area contributed by atoms with E-state index in [0.717, 1.165) is 32.1 Å². The lowest BCUT2D eigenvalue weighted by molar-refractivity contribution is -0.187. The average Bonchev–Trinajstić information content (AvgIpc) is 2.96. The number of alkyl halides is 3. The maximum atomic E-state index is 12.6. The van der Waals surface area contributed by atoms with Gasteiger partial charge in [0.25, 0.3) is 0 Å². The minimum Gasteiger partial charge on any atom is -0.334 e. The third kappa shape index (κ3) is 2.58. The molecule has 0 unspecified atom stereocenters. The van der Waals surface area contributed by atoms with E-state index in [1.54, 1.807) is 4.90 Å². The Morgan fingerprint density at radius 1 is 0.909 bits per heavy atom. The van der Waals surface area contributed by atoms with Crippen molar-refractivity contribution < 1.29 is 22.8 Å². The van der Waals surface area contributed by atoms with Gasteiger partial charge in [-0.15, -0.1) is 0 Å². The zero-order chi connectivity index (χ0) is 16.0. The summed E-state index contributed by atoms with van der Waals surface area (Å²) >= 11 is 0. The highest BCUT2D eigenvalue weighted by atomic mass is 19.4. The molecule has 1 spiro atoms. The highest BCUT2D eigenvalue weighted by Crippen LogP contribution is 2.44. The van der Waals surface area contributed by atoms with Crippen molar-refractivity contribution in [3.63, 3.8) is 0 Å². The van der Waals surface area contributed by atoms with Crippen LogP contribution in [0.5, 0.6) is 0 Å². The number of amides is 2. The van der Waals surface area contributed by atoms with Gasteiger partial charge in [-0.25, -0.2) is 0 Å². The molecular formula is C15H21F3N2O2. The summed E-state index contributed by atoms with van der Waals surface area (Å²) in [5, 5.41) is 0. The fraction of sp³-hybridized carbons (Fsp3) is 0.867. The standard InChI is InChI=1S/C15H21F3N2O2/c16-15(17,18)11-3-8-19(9-4-11)12(21)13(22)20-10-7-14(20)5-1-2-6-14/h11H,1-10H2. The molecule has 1 aliphatic carbocycles. The van der Waals surface area contributed by atoms with E-state index >= 15 is 0 Å². The van der Waals surface area contributed by atoms with Gasteiger partial charge >= 0.3 is 18.0 Å². The van der Waals surface area contributed by atoms with E-state index in [-0.39, 0.29) is 31.5 Å². The molecule has 2 saturated heterocycles. The highest BCUT2D eigenvalue weighted by molar-refractivity contribution is 6.35. The molecule has 3 rings (SSSR count). The van der Waals surface area contributed by atoms with Crippen LogP contribution in [0.2, 0.25) is 0 Å². The Morgan fingerprint density at radius 2 is 1.50 bits per heavy atom. The van der Waals surface area contributed by atoms with Crippen molar-refractivity contribution >= 4 is 11.8 Å². The molecule has 0 atom stereocenters. The Bertz CT molecular complexity index is 464. The fourth-order valence-electron chi connectivity index (χ4n) is 4.07. The smallest absolute Gasteiger partial charge is 0.334 e. The predicted molar refractivity (Wildman–Crippen MR) is 72.9 cm³/mol. The minimum atomic E-state index is -4.20. The van der Waals surface area contributed by atoms with Crippen LogP contribution in [0.4, 0.5) is 13.2 Å². The molecule has 0 aromatic carbocycles. The van der Waals surface area contributed by atoms with Crippen molar-refractivity contribution in [2.75, 3.05) is 19.6 Å². The number of nitrogens with zero attached hydrogens (tertiary/aromatic N) is 2. The first-order valence-corrected chi connectivity index (χ1v) is 8.01. The molecule has 0 aromatic heterocycles. The normalized spacial score (nSPS) is 25.4. The first-order valence-electron chi connectivity index (χ1n) is 8.01. The van der Waals surface area contributed by atoms with Gasteiger partial charge in [0.2, 0.25) is 0 Å². The largest absolute Gasteiger partial charge is 0.391 e. The van der Waals surface area contributed by atoms with E-state index in [4.69, 9.17) is 0 Å². The lowest BCUT2D eigenvalue weighted by Crippen LogP contribution is -2.64. The molecular weight excluding hydrogens is 297 g/mol. The second-order valence-corrected chi connectivity index (χ2v) is 6.75. The molecule has 22 heavy (non-hydrogen) atoms. The SMILES string of the molecule is O=C(C(=O)N1CCC12CCCC2)N1CCC(C(F)(F)F)CC1. The van der Waals surface area contributed by atoms with Crippen LogP contribution in [0.1, 0.15) is 44.9 Å². The Morgan fingerprint density at radius 3 is 1.95 bits per heavy atom. The zero-order valence-corrected chi connectivity index (χ0v) is 12.5. The Hall–Kier alpha value is -1.27. The Balaban J connectivity index is 1.57. The summed E-state index contributed by atoms with van der Waals surface area (Å²) < 4.78 is 37.9. The van der Waals surface area contributed by atoms with Crippen molar-refractivity contribution in [3.8, 4) is 0 Å². The number of piperidine rings is 1. The van der Waals surface area contributed by atoms with Crippen LogP contribution in [0.25, 0.3) is 0 Å². The van der Waals surface area contributed by atoms with Crippen LogP contribution < -0.4 is 0 Å². The van der Waals surface area contributed by atoms with E-state index in [1.165, 1.54) is 4.90 Å². The van der Waals surface area contributed by atoms with E-state index in [0.29, 0.717) is 6.54 Å². The van der Waals surface area contributed by atoms with Crippen molar-refractivity contribution in [2.45, 2.75) is 56.7 Å². The van der Waals surface area contributed by atoms with Crippen LogP contribution in [-0.4, -0.2) is 53.0 Å². The second-order valence-electron chi connectivity index (χ2n) is 6.75. The van der Waals surface area contributed by atoms with Gasteiger partial charge in [-0.3, -0.25) is 9.59 Å². The molecule has 3 fully saturated rings. The summed E-state index contributed by atoms with van der Waals surface area (Å²) in [5.41, 5.74) is -0.128. The maximum absolute atomic E-state index is 12.6. The van der Waals surface area contributed by atoms with Crippen molar-refractivity contribution in [1.82, 2.24) is 9.80 Å². The third-order valence-corrected chi connectivity index (χ3v) is 5.58. The monoisotopic (exact) mass is 318 g/mol. The van der Waals surface area contributed by atoms with E-state index in [1.807, 2.05) is 0 Å². The van der Waals surface area contributed by atoms with Crippen molar-refractivity contribution in [1.29, 1.82) is 0 Å². The first kappa shape index (κ1) is 15.6. The molecule has 0 aromatic rings. The van der Waals surface area contributed by atoms with E-state index < -0.39 is 23.9 Å². The van der Waals surface area contributed by atoms with Gasteiger partial charge in [-0.2, -0.15) is 13.2 Å². The molecule has 1 saturated carbocycles. The minimum absolute atomic E-state index is 0.0234. The summed E-state index contributed by atoms with van der Waals surface area (Å²) in [6.45, 7) is 0.648. The van der Waals surface area contributed by atoms with Crippen molar-refractivity contribution in [2.24, 2.45) is 5.92 Å².